The first-order valence-corrected chi connectivity index (χ1v) is 11.0. The Morgan fingerprint density at radius 3 is 2.29 bits per heavy atom. The highest BCUT2D eigenvalue weighted by molar-refractivity contribution is 6.44. The molecule has 2 aromatic heterocycles. The minimum Gasteiger partial charge on any atom is -0.479 e. The Hall–Kier alpha value is -4.53. The highest BCUT2D eigenvalue weighted by Crippen LogP contribution is 2.32. The van der Waals surface area contributed by atoms with Crippen LogP contribution in [0.5, 0.6) is 5.88 Å². The van der Waals surface area contributed by atoms with Gasteiger partial charge in [0.1, 0.15) is 11.3 Å². The number of hydrogen-bond donors (Lipinski definition) is 2. The van der Waals surface area contributed by atoms with Crippen LogP contribution in [0, 0.1) is 6.92 Å². The van der Waals surface area contributed by atoms with E-state index in [2.05, 4.69) is 10.1 Å². The molecule has 9 nitrogen and oxygen atoms in total. The lowest BCUT2D eigenvalue weighted by Gasteiger charge is -2.09. The molecule has 2 aromatic carbocycles. The predicted molar refractivity (Wildman–Crippen MR) is 128 cm³/mol. The summed E-state index contributed by atoms with van der Waals surface area (Å²) >= 11 is 0. The number of primary amides is 1. The molecule has 0 saturated heterocycles. The molecule has 0 atom stereocenters. The molecular weight excluding hydrogens is 448 g/mol. The van der Waals surface area contributed by atoms with E-state index in [1.807, 2.05) is 61.5 Å². The van der Waals surface area contributed by atoms with Gasteiger partial charge in [-0.25, -0.2) is 9.31 Å². The van der Waals surface area contributed by atoms with Gasteiger partial charge in [-0.3, -0.25) is 9.59 Å². The zero-order valence-corrected chi connectivity index (χ0v) is 19.3. The molecule has 0 aliphatic carbocycles. The number of aromatic nitrogens is 3. The molecule has 4 rings (SSSR count). The summed E-state index contributed by atoms with van der Waals surface area (Å²) in [5.74, 6) is -3.02. The van der Waals surface area contributed by atoms with Gasteiger partial charge in [-0.15, -0.1) is 0 Å². The quantitative estimate of drug-likeness (QED) is 0.282. The second kappa shape index (κ2) is 9.76. The Morgan fingerprint density at radius 1 is 1.03 bits per heavy atom. The number of nitrogens with zero attached hydrogens (tertiary/aromatic N) is 3. The van der Waals surface area contributed by atoms with Crippen molar-refractivity contribution in [1.29, 1.82) is 0 Å². The van der Waals surface area contributed by atoms with Crippen molar-refractivity contribution in [2.75, 3.05) is 6.61 Å². The van der Waals surface area contributed by atoms with E-state index >= 15 is 0 Å². The molecule has 0 bridgehead atoms. The van der Waals surface area contributed by atoms with E-state index in [9.17, 15) is 14.4 Å². The molecule has 0 fully saturated rings. The predicted octanol–water partition coefficient (Wildman–Crippen LogP) is 2.99. The van der Waals surface area contributed by atoms with Gasteiger partial charge in [-0.2, -0.15) is 10.1 Å². The number of fused-ring (bicyclic) bond motifs is 1. The summed E-state index contributed by atoms with van der Waals surface area (Å²) in [7, 11) is 0. The lowest BCUT2D eigenvalue weighted by molar-refractivity contribution is -0.139. The third-order valence-corrected chi connectivity index (χ3v) is 5.63. The number of ether oxygens (including phenoxy) is 1. The van der Waals surface area contributed by atoms with Crippen LogP contribution < -0.4 is 10.5 Å². The molecule has 3 N–H and O–H groups in total. The van der Waals surface area contributed by atoms with E-state index < -0.39 is 24.3 Å². The summed E-state index contributed by atoms with van der Waals surface area (Å²) in [6, 6.07) is 18.0. The summed E-state index contributed by atoms with van der Waals surface area (Å²) in [6.07, 6.45) is 0.812. The number of carbonyl (C=O) groups is 3. The maximum absolute atomic E-state index is 12.9. The Labute approximate surface area is 201 Å². The Bertz CT molecular complexity index is 1430. The molecule has 0 radical (unpaired) electrons. The molecule has 0 spiro atoms. The van der Waals surface area contributed by atoms with Gasteiger partial charge >= 0.3 is 5.97 Å². The van der Waals surface area contributed by atoms with Crippen LogP contribution in [-0.2, 0) is 22.4 Å². The Balaban J connectivity index is 1.86. The van der Waals surface area contributed by atoms with Crippen molar-refractivity contribution >= 4 is 23.2 Å². The molecule has 0 aliphatic rings. The fourth-order valence-electron chi connectivity index (χ4n) is 4.13. The van der Waals surface area contributed by atoms with Gasteiger partial charge in [-0.05, 0) is 35.6 Å². The first-order valence-electron chi connectivity index (χ1n) is 11.0. The van der Waals surface area contributed by atoms with Gasteiger partial charge in [0.25, 0.3) is 11.7 Å². The van der Waals surface area contributed by atoms with E-state index in [0.29, 0.717) is 29.9 Å². The van der Waals surface area contributed by atoms with Gasteiger partial charge in [0.15, 0.2) is 6.61 Å². The SMILES string of the molecule is CCc1c(C(=O)C(N)=O)c2c(OCC(=O)O)nc(C)nn2c1Cc1ccc(-c2ccccc2)cc1. The number of carbonyl (C=O) groups excluding carboxylic acids is 2. The van der Waals surface area contributed by atoms with Crippen molar-refractivity contribution in [2.24, 2.45) is 5.73 Å². The van der Waals surface area contributed by atoms with Crippen LogP contribution in [0.25, 0.3) is 16.6 Å². The van der Waals surface area contributed by atoms with E-state index in [0.717, 1.165) is 16.7 Å². The van der Waals surface area contributed by atoms with Gasteiger partial charge < -0.3 is 15.6 Å². The second-order valence-electron chi connectivity index (χ2n) is 7.99. The molecule has 178 valence electrons. The number of Topliss-reactive ketones (excluding diaryl/α,β-unsaturated/α-hetero) is 1. The number of benzene rings is 2. The number of hydrogen-bond acceptors (Lipinski definition) is 6. The zero-order valence-electron chi connectivity index (χ0n) is 19.3. The number of nitrogens with two attached hydrogens (primary N) is 1. The first kappa shape index (κ1) is 23.6. The average Bonchev–Trinajstić information content (AvgIpc) is 3.15. The smallest absolute Gasteiger partial charge is 0.341 e. The van der Waals surface area contributed by atoms with Crippen LogP contribution in [0.15, 0.2) is 54.6 Å². The van der Waals surface area contributed by atoms with Gasteiger partial charge in [-0.1, -0.05) is 61.5 Å². The van der Waals surface area contributed by atoms with Crippen molar-refractivity contribution in [3.05, 3.63) is 82.8 Å². The average molecular weight is 473 g/mol. The molecule has 4 aromatic rings. The maximum atomic E-state index is 12.9. The maximum Gasteiger partial charge on any atom is 0.341 e. The molecule has 0 saturated carbocycles. The molecule has 9 heteroatoms. The van der Waals surface area contributed by atoms with Gasteiger partial charge in [0.05, 0.1) is 11.3 Å². The molecule has 1 amide bonds. The van der Waals surface area contributed by atoms with E-state index in [4.69, 9.17) is 15.6 Å². The number of aliphatic carboxylic acids is 1. The minimum atomic E-state index is -1.21. The fourth-order valence-corrected chi connectivity index (χ4v) is 4.13. The fraction of sp³-hybridized carbons (Fsp3) is 0.192. The van der Waals surface area contributed by atoms with Gasteiger partial charge in [0, 0.05) is 6.42 Å². The number of carboxylic acids is 1. The summed E-state index contributed by atoms with van der Waals surface area (Å²) in [4.78, 5) is 40.0. The third-order valence-electron chi connectivity index (χ3n) is 5.63. The zero-order chi connectivity index (χ0) is 25.1. The van der Waals surface area contributed by atoms with Crippen LogP contribution in [0.3, 0.4) is 0 Å². The van der Waals surface area contributed by atoms with E-state index in [1.165, 1.54) is 4.52 Å². The van der Waals surface area contributed by atoms with Crippen LogP contribution in [0.2, 0.25) is 0 Å². The largest absolute Gasteiger partial charge is 0.479 e. The van der Waals surface area contributed by atoms with Gasteiger partial charge in [0.2, 0.25) is 5.88 Å². The number of carboxylic acid groups (broad SMARTS) is 1. The monoisotopic (exact) mass is 472 g/mol. The molecule has 2 heterocycles. The Kier molecular flexibility index (Phi) is 6.59. The van der Waals surface area contributed by atoms with Crippen molar-refractivity contribution in [3.63, 3.8) is 0 Å². The van der Waals surface area contributed by atoms with Crippen molar-refractivity contribution in [1.82, 2.24) is 14.6 Å². The van der Waals surface area contributed by atoms with Crippen LogP contribution in [0.1, 0.15) is 39.9 Å². The number of aryl methyl sites for hydroxylation is 1. The summed E-state index contributed by atoms with van der Waals surface area (Å²) in [5.41, 5.74) is 9.89. The topological polar surface area (TPSA) is 137 Å². The van der Waals surface area contributed by atoms with Crippen molar-refractivity contribution in [3.8, 4) is 17.0 Å². The Morgan fingerprint density at radius 2 is 1.69 bits per heavy atom. The molecule has 35 heavy (non-hydrogen) atoms. The van der Waals surface area contributed by atoms with E-state index in [-0.39, 0.29) is 17.0 Å². The first-order chi connectivity index (χ1) is 16.8. The number of amides is 1. The lowest BCUT2D eigenvalue weighted by atomic mass is 9.98. The van der Waals surface area contributed by atoms with E-state index in [1.54, 1.807) is 6.92 Å². The van der Waals surface area contributed by atoms with Crippen LogP contribution in [-0.4, -0.2) is 44.0 Å². The number of rotatable bonds is 9. The summed E-state index contributed by atoms with van der Waals surface area (Å²) < 4.78 is 6.90. The van der Waals surface area contributed by atoms with Crippen molar-refractivity contribution < 1.29 is 24.2 Å². The summed E-state index contributed by atoms with van der Waals surface area (Å²) in [5, 5.41) is 13.5. The van der Waals surface area contributed by atoms with Crippen molar-refractivity contribution in [2.45, 2.75) is 26.7 Å². The van der Waals surface area contributed by atoms with Crippen LogP contribution >= 0.6 is 0 Å². The number of ketones is 1. The third kappa shape index (κ3) is 4.74. The van der Waals surface area contributed by atoms with Crippen LogP contribution in [0.4, 0.5) is 0 Å². The standard InChI is InChI=1S/C26H24N4O5/c1-3-19-20(13-16-9-11-18(12-10-16)17-7-5-4-6-8-17)30-23(22(19)24(33)25(27)34)26(28-15(2)29-30)35-14-21(31)32/h4-12H,3,13-14H2,1-2H3,(H2,27,34)(H,31,32). The minimum absolute atomic E-state index is 0.0382. The molecular formula is C26H24N4O5. The summed E-state index contributed by atoms with van der Waals surface area (Å²) in [6.45, 7) is 2.82. The normalized spacial score (nSPS) is 10.9. The molecule has 0 aliphatic heterocycles. The highest BCUT2D eigenvalue weighted by Gasteiger charge is 2.29. The second-order valence-corrected chi connectivity index (χ2v) is 7.99. The highest BCUT2D eigenvalue weighted by atomic mass is 16.5. The molecule has 0 unspecified atom stereocenters. The lowest BCUT2D eigenvalue weighted by Crippen LogP contribution is -2.24.